The summed E-state index contributed by atoms with van der Waals surface area (Å²) in [5.74, 6) is 0.913. The fourth-order valence-electron chi connectivity index (χ4n) is 1.73. The largest absolute Gasteiger partial charge is 0.489 e. The van der Waals surface area contributed by atoms with Crippen LogP contribution >= 0.6 is 0 Å². The van der Waals surface area contributed by atoms with E-state index < -0.39 is 0 Å². The van der Waals surface area contributed by atoms with Crippen LogP contribution in [-0.2, 0) is 4.74 Å². The Morgan fingerprint density at radius 1 is 1.44 bits per heavy atom. The maximum absolute atomic E-state index is 5.75. The van der Waals surface area contributed by atoms with E-state index in [1.165, 1.54) is 0 Å². The Labute approximate surface area is 108 Å². The fraction of sp³-hybridized carbons (Fsp3) is 0.500. The molecule has 98 valence electrons. The summed E-state index contributed by atoms with van der Waals surface area (Å²) in [7, 11) is 0. The maximum Gasteiger partial charge on any atom is 0.285 e. The Morgan fingerprint density at radius 2 is 2.28 bits per heavy atom. The lowest BCUT2D eigenvalue weighted by Crippen LogP contribution is -2.29. The number of aryl methyl sites for hydroxylation is 1. The standard InChI is InChI=1S/C14H20N2O2/c1-3-8-15-14-16-9-12(18-14)10-17-13-7-5-4-6-11(13)2/h4-7,12H,3,8-10H2,1-2H3,(H,15,16). The van der Waals surface area contributed by atoms with Crippen LogP contribution in [0.3, 0.4) is 0 Å². The van der Waals surface area contributed by atoms with Crippen LogP contribution in [0.1, 0.15) is 18.9 Å². The highest BCUT2D eigenvalue weighted by molar-refractivity contribution is 5.75. The third kappa shape index (κ3) is 3.39. The highest BCUT2D eigenvalue weighted by atomic mass is 16.6. The Balaban J connectivity index is 1.75. The van der Waals surface area contributed by atoms with E-state index in [1.807, 2.05) is 31.2 Å². The van der Waals surface area contributed by atoms with Gasteiger partial charge in [0.2, 0.25) is 0 Å². The predicted octanol–water partition coefficient (Wildman–Crippen LogP) is 2.13. The van der Waals surface area contributed by atoms with Crippen LogP contribution < -0.4 is 10.1 Å². The third-order valence-corrected chi connectivity index (χ3v) is 2.76. The molecule has 0 radical (unpaired) electrons. The molecule has 0 bridgehead atoms. The van der Waals surface area contributed by atoms with Gasteiger partial charge in [0.25, 0.3) is 6.02 Å². The molecule has 1 aromatic rings. The summed E-state index contributed by atoms with van der Waals surface area (Å²) in [5.41, 5.74) is 1.14. The Morgan fingerprint density at radius 3 is 3.06 bits per heavy atom. The lowest BCUT2D eigenvalue weighted by molar-refractivity contribution is 0.138. The van der Waals surface area contributed by atoms with E-state index >= 15 is 0 Å². The molecule has 0 saturated heterocycles. The van der Waals surface area contributed by atoms with Gasteiger partial charge in [-0.25, -0.2) is 4.99 Å². The minimum Gasteiger partial charge on any atom is -0.489 e. The Bertz CT molecular complexity index is 418. The first-order chi connectivity index (χ1) is 8.79. The topological polar surface area (TPSA) is 42.9 Å². The lowest BCUT2D eigenvalue weighted by Gasteiger charge is -2.14. The van der Waals surface area contributed by atoms with E-state index in [9.17, 15) is 0 Å². The zero-order valence-electron chi connectivity index (χ0n) is 11.0. The van der Waals surface area contributed by atoms with Gasteiger partial charge in [0.05, 0.1) is 6.54 Å². The molecule has 0 fully saturated rings. The fourth-order valence-corrected chi connectivity index (χ4v) is 1.73. The van der Waals surface area contributed by atoms with E-state index in [0.29, 0.717) is 19.2 Å². The quantitative estimate of drug-likeness (QED) is 0.868. The van der Waals surface area contributed by atoms with E-state index in [-0.39, 0.29) is 6.10 Å². The van der Waals surface area contributed by atoms with Crippen molar-refractivity contribution >= 4 is 6.02 Å². The molecular formula is C14H20N2O2. The van der Waals surface area contributed by atoms with Crippen LogP contribution in [0.2, 0.25) is 0 Å². The molecule has 0 aliphatic carbocycles. The highest BCUT2D eigenvalue weighted by Gasteiger charge is 2.20. The van der Waals surface area contributed by atoms with Crippen molar-refractivity contribution in [3.05, 3.63) is 29.8 Å². The van der Waals surface area contributed by atoms with Gasteiger partial charge < -0.3 is 14.8 Å². The second-order valence-corrected chi connectivity index (χ2v) is 4.39. The smallest absolute Gasteiger partial charge is 0.285 e. The minimum absolute atomic E-state index is 0.0176. The number of benzene rings is 1. The molecule has 1 aromatic carbocycles. The average molecular weight is 248 g/mol. The van der Waals surface area contributed by atoms with Crippen LogP contribution in [0.4, 0.5) is 0 Å². The minimum atomic E-state index is 0.0176. The van der Waals surface area contributed by atoms with Gasteiger partial charge in [-0.15, -0.1) is 0 Å². The van der Waals surface area contributed by atoms with Crippen LogP contribution in [0.25, 0.3) is 0 Å². The summed E-state index contributed by atoms with van der Waals surface area (Å²) in [6.45, 7) is 6.24. The maximum atomic E-state index is 5.75. The summed E-state index contributed by atoms with van der Waals surface area (Å²) in [5, 5.41) is 3.14. The van der Waals surface area contributed by atoms with E-state index in [1.54, 1.807) is 0 Å². The van der Waals surface area contributed by atoms with Gasteiger partial charge in [0.15, 0.2) is 6.10 Å². The summed E-state index contributed by atoms with van der Waals surface area (Å²) in [6, 6.07) is 8.64. The first-order valence-electron chi connectivity index (χ1n) is 6.43. The first-order valence-corrected chi connectivity index (χ1v) is 6.43. The summed E-state index contributed by atoms with van der Waals surface area (Å²) >= 11 is 0. The molecule has 1 aliphatic rings. The van der Waals surface area contributed by atoms with Gasteiger partial charge in [-0.3, -0.25) is 0 Å². The van der Waals surface area contributed by atoms with E-state index in [4.69, 9.17) is 9.47 Å². The second kappa shape index (κ2) is 6.28. The summed E-state index contributed by atoms with van der Waals surface area (Å²) in [6.07, 6.45) is 1.08. The van der Waals surface area contributed by atoms with Crippen molar-refractivity contribution in [2.45, 2.75) is 26.4 Å². The molecule has 4 heteroatoms. The SMILES string of the molecule is CCCNC1=NCC(COc2ccccc2C)O1. The van der Waals surface area contributed by atoms with Crippen molar-refractivity contribution in [1.82, 2.24) is 5.32 Å². The number of ether oxygens (including phenoxy) is 2. The molecule has 0 aromatic heterocycles. The van der Waals surface area contributed by atoms with Gasteiger partial charge in [-0.1, -0.05) is 25.1 Å². The molecule has 18 heavy (non-hydrogen) atoms. The number of amidine groups is 1. The zero-order chi connectivity index (χ0) is 12.8. The van der Waals surface area contributed by atoms with Crippen LogP contribution in [0.5, 0.6) is 5.75 Å². The first kappa shape index (κ1) is 12.7. The van der Waals surface area contributed by atoms with Gasteiger partial charge in [-0.05, 0) is 25.0 Å². The molecule has 1 heterocycles. The number of rotatable bonds is 5. The number of nitrogens with zero attached hydrogens (tertiary/aromatic N) is 1. The summed E-state index contributed by atoms with van der Waals surface area (Å²) in [4.78, 5) is 4.29. The highest BCUT2D eigenvalue weighted by Crippen LogP contribution is 2.17. The van der Waals surface area contributed by atoms with Gasteiger partial charge in [-0.2, -0.15) is 0 Å². The van der Waals surface area contributed by atoms with Crippen molar-refractivity contribution in [2.24, 2.45) is 4.99 Å². The van der Waals surface area contributed by atoms with Crippen molar-refractivity contribution < 1.29 is 9.47 Å². The number of hydrogen-bond donors (Lipinski definition) is 1. The predicted molar refractivity (Wildman–Crippen MR) is 72.1 cm³/mol. The second-order valence-electron chi connectivity index (χ2n) is 4.39. The molecule has 1 N–H and O–H groups in total. The van der Waals surface area contributed by atoms with Crippen molar-refractivity contribution in [3.8, 4) is 5.75 Å². The van der Waals surface area contributed by atoms with Crippen LogP contribution in [0.15, 0.2) is 29.3 Å². The molecule has 1 aliphatic heterocycles. The molecule has 0 amide bonds. The zero-order valence-corrected chi connectivity index (χ0v) is 11.0. The number of aliphatic imine (C=N–C) groups is 1. The normalized spacial score (nSPS) is 18.1. The number of nitrogens with one attached hydrogen (secondary N) is 1. The van der Waals surface area contributed by atoms with Gasteiger partial charge in [0, 0.05) is 6.54 Å². The van der Waals surface area contributed by atoms with Crippen molar-refractivity contribution in [2.75, 3.05) is 19.7 Å². The Kier molecular flexibility index (Phi) is 4.45. The lowest BCUT2D eigenvalue weighted by atomic mass is 10.2. The molecule has 1 atom stereocenters. The average Bonchev–Trinajstić information content (AvgIpc) is 2.83. The molecule has 0 saturated carbocycles. The van der Waals surface area contributed by atoms with E-state index in [0.717, 1.165) is 24.3 Å². The molecule has 0 spiro atoms. The van der Waals surface area contributed by atoms with Crippen molar-refractivity contribution in [1.29, 1.82) is 0 Å². The monoisotopic (exact) mass is 248 g/mol. The number of hydrogen-bond acceptors (Lipinski definition) is 4. The van der Waals surface area contributed by atoms with Gasteiger partial charge in [0.1, 0.15) is 12.4 Å². The molecule has 4 nitrogen and oxygen atoms in total. The summed E-state index contributed by atoms with van der Waals surface area (Å²) < 4.78 is 11.4. The van der Waals surface area contributed by atoms with Crippen LogP contribution in [0, 0.1) is 6.92 Å². The van der Waals surface area contributed by atoms with Crippen molar-refractivity contribution in [3.63, 3.8) is 0 Å². The molecular weight excluding hydrogens is 228 g/mol. The third-order valence-electron chi connectivity index (χ3n) is 2.76. The number of para-hydroxylation sites is 1. The Hall–Kier alpha value is -1.71. The van der Waals surface area contributed by atoms with E-state index in [2.05, 4.69) is 17.2 Å². The molecule has 1 unspecified atom stereocenters. The van der Waals surface area contributed by atoms with Gasteiger partial charge >= 0.3 is 0 Å². The molecule has 2 rings (SSSR count). The van der Waals surface area contributed by atoms with Crippen LogP contribution in [-0.4, -0.2) is 31.8 Å².